The molecule has 0 fully saturated rings. The zero-order valence-electron chi connectivity index (χ0n) is 7.43. The average molecular weight is 206 g/mol. The Morgan fingerprint density at radius 2 is 2.21 bits per heavy atom. The molecule has 1 N–H and O–H groups in total. The highest BCUT2D eigenvalue weighted by Gasteiger charge is 2.34. The van der Waals surface area contributed by atoms with Gasteiger partial charge in [0.15, 0.2) is 0 Å². The van der Waals surface area contributed by atoms with Crippen LogP contribution in [0.15, 0.2) is 29.0 Å². The van der Waals surface area contributed by atoms with Gasteiger partial charge in [0, 0.05) is 6.20 Å². The van der Waals surface area contributed by atoms with Crippen molar-refractivity contribution in [1.82, 2.24) is 5.32 Å². The van der Waals surface area contributed by atoms with Crippen LogP contribution in [0.3, 0.4) is 0 Å². The van der Waals surface area contributed by atoms with Crippen LogP contribution in [0.2, 0.25) is 0 Å². The molecule has 0 amide bonds. The molecule has 0 radical (unpaired) electrons. The Bertz CT molecular complexity index is 291. The first-order valence-corrected chi connectivity index (χ1v) is 3.95. The van der Waals surface area contributed by atoms with E-state index in [4.69, 9.17) is 4.74 Å². The third kappa shape index (κ3) is 2.79. The van der Waals surface area contributed by atoms with Gasteiger partial charge < -0.3 is 10.1 Å². The highest BCUT2D eigenvalue weighted by atomic mass is 19.4. The largest absolute Gasteiger partial charge is 0.465 e. The molecule has 0 bridgehead atoms. The number of halogens is 3. The lowest BCUT2D eigenvalue weighted by atomic mass is 10.4. The maximum Gasteiger partial charge on any atom is 0.431 e. The van der Waals surface area contributed by atoms with Crippen molar-refractivity contribution >= 4 is 6.02 Å². The molecule has 0 aromatic heterocycles. The van der Waals surface area contributed by atoms with E-state index in [1.807, 2.05) is 0 Å². The first-order valence-electron chi connectivity index (χ1n) is 3.95. The summed E-state index contributed by atoms with van der Waals surface area (Å²) >= 11 is 0. The SMILES string of the molecule is CCOC1=NC=CC=C(C(F)(F)F)N1. The average Bonchev–Trinajstić information content (AvgIpc) is 2.29. The number of allylic oxidation sites excluding steroid dienone is 3. The summed E-state index contributed by atoms with van der Waals surface area (Å²) in [5, 5.41) is 2.06. The van der Waals surface area contributed by atoms with Crippen molar-refractivity contribution in [1.29, 1.82) is 0 Å². The van der Waals surface area contributed by atoms with E-state index in [9.17, 15) is 13.2 Å². The number of hydrogen-bond donors (Lipinski definition) is 1. The molecule has 0 aromatic rings. The third-order valence-corrected chi connectivity index (χ3v) is 1.37. The standard InChI is InChI=1S/C8H9F3N2O/c1-2-14-7-12-5-3-4-6(13-7)8(9,10)11/h3-5H,2H2,1H3,(H,12,13). The topological polar surface area (TPSA) is 33.6 Å². The van der Waals surface area contributed by atoms with Crippen molar-refractivity contribution in [2.24, 2.45) is 4.99 Å². The van der Waals surface area contributed by atoms with Crippen LogP contribution in [-0.4, -0.2) is 18.8 Å². The second-order valence-corrected chi connectivity index (χ2v) is 2.41. The van der Waals surface area contributed by atoms with E-state index in [1.54, 1.807) is 6.92 Å². The number of alkyl halides is 3. The second kappa shape index (κ2) is 4.17. The molecular weight excluding hydrogens is 197 g/mol. The summed E-state index contributed by atoms with van der Waals surface area (Å²) in [4.78, 5) is 3.63. The summed E-state index contributed by atoms with van der Waals surface area (Å²) < 4.78 is 41.6. The summed E-state index contributed by atoms with van der Waals surface area (Å²) in [6, 6.07) is -0.148. The fourth-order valence-electron chi connectivity index (χ4n) is 0.815. The van der Waals surface area contributed by atoms with Crippen LogP contribution in [0, 0.1) is 0 Å². The Labute approximate surface area is 79.0 Å². The minimum atomic E-state index is -4.42. The smallest absolute Gasteiger partial charge is 0.431 e. The van der Waals surface area contributed by atoms with Gasteiger partial charge in [0.05, 0.1) is 6.61 Å². The van der Waals surface area contributed by atoms with Crippen molar-refractivity contribution < 1.29 is 17.9 Å². The van der Waals surface area contributed by atoms with E-state index in [1.165, 1.54) is 12.3 Å². The van der Waals surface area contributed by atoms with Gasteiger partial charge in [0.25, 0.3) is 6.02 Å². The van der Waals surface area contributed by atoms with E-state index in [2.05, 4.69) is 10.3 Å². The number of ether oxygens (including phenoxy) is 1. The van der Waals surface area contributed by atoms with Crippen LogP contribution in [-0.2, 0) is 4.74 Å². The normalized spacial score (nSPS) is 16.6. The van der Waals surface area contributed by atoms with E-state index in [0.29, 0.717) is 0 Å². The number of rotatable bonds is 1. The summed E-state index contributed by atoms with van der Waals surface area (Å²) in [6.45, 7) is 1.92. The fraction of sp³-hybridized carbons (Fsp3) is 0.375. The van der Waals surface area contributed by atoms with E-state index in [0.717, 1.165) is 6.08 Å². The molecule has 14 heavy (non-hydrogen) atoms. The molecule has 0 aliphatic carbocycles. The molecule has 3 nitrogen and oxygen atoms in total. The van der Waals surface area contributed by atoms with Crippen LogP contribution >= 0.6 is 0 Å². The monoisotopic (exact) mass is 206 g/mol. The van der Waals surface area contributed by atoms with Gasteiger partial charge in [0.1, 0.15) is 5.70 Å². The Hall–Kier alpha value is -1.46. The quantitative estimate of drug-likeness (QED) is 0.711. The highest BCUT2D eigenvalue weighted by molar-refractivity contribution is 5.77. The molecule has 0 saturated carbocycles. The van der Waals surface area contributed by atoms with Crippen molar-refractivity contribution in [3.63, 3.8) is 0 Å². The fourth-order valence-corrected chi connectivity index (χ4v) is 0.815. The molecule has 6 heteroatoms. The first kappa shape index (κ1) is 10.6. The Morgan fingerprint density at radius 3 is 2.79 bits per heavy atom. The van der Waals surface area contributed by atoms with E-state index >= 15 is 0 Å². The maximum atomic E-state index is 12.3. The van der Waals surface area contributed by atoms with Crippen molar-refractivity contribution in [3.05, 3.63) is 24.0 Å². The lowest BCUT2D eigenvalue weighted by Gasteiger charge is -2.13. The number of hydrogen-bond acceptors (Lipinski definition) is 3. The van der Waals surface area contributed by atoms with Gasteiger partial charge in [-0.3, -0.25) is 0 Å². The van der Waals surface area contributed by atoms with Crippen molar-refractivity contribution in [2.75, 3.05) is 6.61 Å². The van der Waals surface area contributed by atoms with Gasteiger partial charge in [-0.15, -0.1) is 0 Å². The van der Waals surface area contributed by atoms with Gasteiger partial charge in [-0.2, -0.15) is 13.2 Å². The van der Waals surface area contributed by atoms with E-state index < -0.39 is 11.9 Å². The molecule has 0 saturated heterocycles. The van der Waals surface area contributed by atoms with Crippen molar-refractivity contribution in [2.45, 2.75) is 13.1 Å². The van der Waals surface area contributed by atoms with Gasteiger partial charge in [-0.1, -0.05) is 0 Å². The summed E-state index contributed by atoms with van der Waals surface area (Å²) in [7, 11) is 0. The van der Waals surface area contributed by atoms with Crippen LogP contribution in [0.5, 0.6) is 0 Å². The minimum absolute atomic E-state index is 0.148. The predicted octanol–water partition coefficient (Wildman–Crippen LogP) is 1.94. The molecule has 0 atom stereocenters. The molecule has 0 spiro atoms. The summed E-state index contributed by atoms with van der Waals surface area (Å²) in [5.41, 5.74) is -0.890. The van der Waals surface area contributed by atoms with Crippen molar-refractivity contribution in [3.8, 4) is 0 Å². The van der Waals surface area contributed by atoms with Crippen LogP contribution < -0.4 is 5.32 Å². The highest BCUT2D eigenvalue weighted by Crippen LogP contribution is 2.24. The lowest BCUT2D eigenvalue weighted by Crippen LogP contribution is -2.32. The Balaban J connectivity index is 2.78. The zero-order valence-corrected chi connectivity index (χ0v) is 7.43. The number of amidine groups is 1. The Kier molecular flexibility index (Phi) is 3.16. The lowest BCUT2D eigenvalue weighted by molar-refractivity contribution is -0.0953. The first-order chi connectivity index (χ1) is 6.54. The van der Waals surface area contributed by atoms with Crippen LogP contribution in [0.4, 0.5) is 13.2 Å². The predicted molar refractivity (Wildman–Crippen MR) is 45.5 cm³/mol. The molecule has 1 heterocycles. The van der Waals surface area contributed by atoms with Gasteiger partial charge in [-0.05, 0) is 19.1 Å². The van der Waals surface area contributed by atoms with E-state index in [-0.39, 0.29) is 12.6 Å². The van der Waals surface area contributed by atoms with Gasteiger partial charge in [0.2, 0.25) is 0 Å². The zero-order chi connectivity index (χ0) is 10.6. The second-order valence-electron chi connectivity index (χ2n) is 2.41. The molecule has 1 rings (SSSR count). The summed E-state index contributed by atoms with van der Waals surface area (Å²) in [5.74, 6) is 0. The number of nitrogens with zero attached hydrogens (tertiary/aromatic N) is 1. The van der Waals surface area contributed by atoms with Crippen LogP contribution in [0.25, 0.3) is 0 Å². The van der Waals surface area contributed by atoms with Gasteiger partial charge >= 0.3 is 6.18 Å². The number of nitrogens with one attached hydrogen (secondary N) is 1. The number of aliphatic imine (C=N–C) groups is 1. The Morgan fingerprint density at radius 1 is 1.50 bits per heavy atom. The molecule has 0 unspecified atom stereocenters. The molecular formula is C8H9F3N2O. The van der Waals surface area contributed by atoms with Gasteiger partial charge in [-0.25, -0.2) is 4.99 Å². The minimum Gasteiger partial charge on any atom is -0.465 e. The summed E-state index contributed by atoms with van der Waals surface area (Å²) in [6.07, 6.45) is -1.10. The molecule has 0 aromatic carbocycles. The van der Waals surface area contributed by atoms with Crippen LogP contribution in [0.1, 0.15) is 6.92 Å². The third-order valence-electron chi connectivity index (χ3n) is 1.37. The molecule has 78 valence electrons. The maximum absolute atomic E-state index is 12.3. The molecule has 1 aliphatic rings. The molecule has 1 aliphatic heterocycles.